The molecule has 3 rings (SSSR count). The van der Waals surface area contributed by atoms with Gasteiger partial charge in [0.05, 0.1) is 6.20 Å². The van der Waals surface area contributed by atoms with E-state index in [2.05, 4.69) is 16.2 Å². The standard InChI is InChI=1S/C19H27N3O2/c1-15-4-3-5-19(8-15)24-14-18(23)13-22-7-6-16(12-22)9-17-10-20-21(2)11-17/h3-5,8,10-11,16,18,23H,6-7,9,12-14H2,1-2H3. The maximum absolute atomic E-state index is 10.2. The van der Waals surface area contributed by atoms with Crippen molar-refractivity contribution in [3.05, 3.63) is 47.8 Å². The average molecular weight is 329 g/mol. The molecular weight excluding hydrogens is 302 g/mol. The van der Waals surface area contributed by atoms with Gasteiger partial charge >= 0.3 is 0 Å². The van der Waals surface area contributed by atoms with Crippen molar-refractivity contribution in [3.8, 4) is 5.75 Å². The summed E-state index contributed by atoms with van der Waals surface area (Å²) >= 11 is 0. The van der Waals surface area contributed by atoms with Gasteiger partial charge in [-0.1, -0.05) is 12.1 Å². The van der Waals surface area contributed by atoms with Crippen LogP contribution in [-0.4, -0.2) is 52.1 Å². The maximum atomic E-state index is 10.2. The summed E-state index contributed by atoms with van der Waals surface area (Å²) in [5.74, 6) is 1.48. The second-order valence-electron chi connectivity index (χ2n) is 6.92. The summed E-state index contributed by atoms with van der Waals surface area (Å²) in [7, 11) is 1.95. The van der Waals surface area contributed by atoms with E-state index in [1.807, 2.05) is 49.1 Å². The van der Waals surface area contributed by atoms with Crippen molar-refractivity contribution >= 4 is 0 Å². The molecule has 0 radical (unpaired) electrons. The van der Waals surface area contributed by atoms with Gasteiger partial charge in [-0.15, -0.1) is 0 Å². The van der Waals surface area contributed by atoms with E-state index in [-0.39, 0.29) is 0 Å². The Hall–Kier alpha value is -1.85. The lowest BCUT2D eigenvalue weighted by Crippen LogP contribution is -2.34. The number of nitrogens with zero attached hydrogens (tertiary/aromatic N) is 3. The van der Waals surface area contributed by atoms with E-state index in [9.17, 15) is 5.11 Å². The minimum absolute atomic E-state index is 0.341. The van der Waals surface area contributed by atoms with E-state index in [4.69, 9.17) is 4.74 Å². The fourth-order valence-electron chi connectivity index (χ4n) is 3.40. The number of rotatable bonds is 7. The number of aromatic nitrogens is 2. The molecule has 0 amide bonds. The number of benzene rings is 1. The molecule has 24 heavy (non-hydrogen) atoms. The van der Waals surface area contributed by atoms with Crippen LogP contribution >= 0.6 is 0 Å². The first-order valence-electron chi connectivity index (χ1n) is 8.66. The summed E-state index contributed by atoms with van der Waals surface area (Å²) in [6.07, 6.45) is 5.84. The Kier molecular flexibility index (Phi) is 5.53. The van der Waals surface area contributed by atoms with Gasteiger partial charge in [0.15, 0.2) is 0 Å². The molecule has 2 aromatic rings. The molecule has 1 fully saturated rings. The van der Waals surface area contributed by atoms with Gasteiger partial charge in [-0.25, -0.2) is 0 Å². The Labute approximate surface area is 143 Å². The van der Waals surface area contributed by atoms with Crippen LogP contribution in [0.1, 0.15) is 17.5 Å². The zero-order chi connectivity index (χ0) is 16.9. The summed E-state index contributed by atoms with van der Waals surface area (Å²) in [5.41, 5.74) is 2.47. The van der Waals surface area contributed by atoms with Crippen molar-refractivity contribution in [2.45, 2.75) is 25.9 Å². The van der Waals surface area contributed by atoms with Crippen molar-refractivity contribution in [1.29, 1.82) is 0 Å². The van der Waals surface area contributed by atoms with E-state index >= 15 is 0 Å². The highest BCUT2D eigenvalue weighted by Crippen LogP contribution is 2.21. The molecule has 2 heterocycles. The number of hydrogen-bond acceptors (Lipinski definition) is 4. The van der Waals surface area contributed by atoms with Crippen molar-refractivity contribution in [1.82, 2.24) is 14.7 Å². The highest BCUT2D eigenvalue weighted by Gasteiger charge is 2.24. The van der Waals surface area contributed by atoms with Crippen molar-refractivity contribution < 1.29 is 9.84 Å². The van der Waals surface area contributed by atoms with E-state index in [1.54, 1.807) is 0 Å². The van der Waals surface area contributed by atoms with Gasteiger partial charge in [0.1, 0.15) is 18.5 Å². The van der Waals surface area contributed by atoms with Crippen LogP contribution in [0.25, 0.3) is 0 Å². The third kappa shape index (κ3) is 4.82. The fourth-order valence-corrected chi connectivity index (χ4v) is 3.40. The summed E-state index contributed by atoms with van der Waals surface area (Å²) in [4.78, 5) is 2.34. The molecular formula is C19H27N3O2. The van der Waals surface area contributed by atoms with Crippen LogP contribution in [0.15, 0.2) is 36.7 Å². The lowest BCUT2D eigenvalue weighted by molar-refractivity contribution is 0.0747. The fraction of sp³-hybridized carbons (Fsp3) is 0.526. The highest BCUT2D eigenvalue weighted by atomic mass is 16.5. The molecule has 1 aromatic carbocycles. The Morgan fingerprint density at radius 1 is 1.42 bits per heavy atom. The molecule has 5 heteroatoms. The number of hydrogen-bond donors (Lipinski definition) is 1. The summed E-state index contributed by atoms with van der Waals surface area (Å²) in [5, 5.41) is 14.5. The molecule has 2 atom stereocenters. The number of likely N-dealkylation sites (tertiary alicyclic amines) is 1. The number of β-amino-alcohol motifs (C(OH)–C–C–N with tert-alkyl or cyclic N) is 1. The molecule has 5 nitrogen and oxygen atoms in total. The number of aliphatic hydroxyl groups excluding tert-OH is 1. The van der Waals surface area contributed by atoms with Gasteiger partial charge < -0.3 is 14.7 Å². The van der Waals surface area contributed by atoms with Crippen LogP contribution in [0.3, 0.4) is 0 Å². The summed E-state index contributed by atoms with van der Waals surface area (Å²) in [6.45, 7) is 5.14. The Balaban J connectivity index is 1.40. The minimum atomic E-state index is -0.456. The number of aliphatic hydroxyl groups is 1. The molecule has 1 saturated heterocycles. The van der Waals surface area contributed by atoms with Gasteiger partial charge in [0.25, 0.3) is 0 Å². The second-order valence-corrected chi connectivity index (χ2v) is 6.92. The van der Waals surface area contributed by atoms with Gasteiger partial charge in [-0.05, 0) is 55.5 Å². The Morgan fingerprint density at radius 2 is 2.29 bits per heavy atom. The molecule has 1 aliphatic rings. The van der Waals surface area contributed by atoms with Crippen LogP contribution in [0.2, 0.25) is 0 Å². The molecule has 0 aliphatic carbocycles. The highest BCUT2D eigenvalue weighted by molar-refractivity contribution is 5.27. The predicted octanol–water partition coefficient (Wildman–Crippen LogP) is 2.03. The normalized spacial score (nSPS) is 19.5. The van der Waals surface area contributed by atoms with Crippen LogP contribution in [-0.2, 0) is 13.5 Å². The van der Waals surface area contributed by atoms with Crippen molar-refractivity contribution in [2.24, 2.45) is 13.0 Å². The third-order valence-corrected chi connectivity index (χ3v) is 4.55. The quantitative estimate of drug-likeness (QED) is 0.844. The second kappa shape index (κ2) is 7.81. The molecule has 0 bridgehead atoms. The molecule has 1 N–H and O–H groups in total. The van der Waals surface area contributed by atoms with Crippen LogP contribution < -0.4 is 4.74 Å². The maximum Gasteiger partial charge on any atom is 0.119 e. The lowest BCUT2D eigenvalue weighted by atomic mass is 10.0. The molecule has 1 aromatic heterocycles. The first-order valence-corrected chi connectivity index (χ1v) is 8.66. The molecule has 1 aliphatic heterocycles. The molecule has 2 unspecified atom stereocenters. The lowest BCUT2D eigenvalue weighted by Gasteiger charge is -2.20. The van der Waals surface area contributed by atoms with Crippen LogP contribution in [0, 0.1) is 12.8 Å². The van der Waals surface area contributed by atoms with Crippen LogP contribution in [0.5, 0.6) is 5.75 Å². The summed E-state index contributed by atoms with van der Waals surface area (Å²) < 4.78 is 7.55. The van der Waals surface area contributed by atoms with E-state index in [1.165, 1.54) is 17.5 Å². The van der Waals surface area contributed by atoms with Gasteiger partial charge in [-0.3, -0.25) is 4.68 Å². The monoisotopic (exact) mass is 329 g/mol. The SMILES string of the molecule is Cc1cccc(OCC(O)CN2CCC(Cc3cnn(C)c3)C2)c1. The largest absolute Gasteiger partial charge is 0.491 e. The van der Waals surface area contributed by atoms with Crippen molar-refractivity contribution in [3.63, 3.8) is 0 Å². The van der Waals surface area contributed by atoms with E-state index in [0.29, 0.717) is 19.1 Å². The van der Waals surface area contributed by atoms with E-state index < -0.39 is 6.10 Å². The summed E-state index contributed by atoms with van der Waals surface area (Å²) in [6, 6.07) is 7.93. The average Bonchev–Trinajstić information content (AvgIpc) is 3.15. The smallest absolute Gasteiger partial charge is 0.119 e. The molecule has 130 valence electrons. The van der Waals surface area contributed by atoms with Gasteiger partial charge in [0, 0.05) is 26.3 Å². The topological polar surface area (TPSA) is 50.5 Å². The minimum Gasteiger partial charge on any atom is -0.491 e. The van der Waals surface area contributed by atoms with E-state index in [0.717, 1.165) is 25.3 Å². The molecule has 0 saturated carbocycles. The first kappa shape index (κ1) is 17.0. The number of ether oxygens (including phenoxy) is 1. The molecule has 0 spiro atoms. The van der Waals surface area contributed by atoms with Crippen molar-refractivity contribution in [2.75, 3.05) is 26.2 Å². The zero-order valence-corrected chi connectivity index (χ0v) is 14.6. The Bertz CT molecular complexity index is 656. The Morgan fingerprint density at radius 3 is 3.04 bits per heavy atom. The first-order chi connectivity index (χ1) is 11.6. The third-order valence-electron chi connectivity index (χ3n) is 4.55. The number of aryl methyl sites for hydroxylation is 2. The van der Waals surface area contributed by atoms with Gasteiger partial charge in [0.2, 0.25) is 0 Å². The zero-order valence-electron chi connectivity index (χ0n) is 14.6. The van der Waals surface area contributed by atoms with Gasteiger partial charge in [-0.2, -0.15) is 5.10 Å². The van der Waals surface area contributed by atoms with Crippen LogP contribution in [0.4, 0.5) is 0 Å². The predicted molar refractivity (Wildman–Crippen MR) is 94.1 cm³/mol.